The van der Waals surface area contributed by atoms with E-state index in [1.54, 1.807) is 16.9 Å². The molecule has 1 unspecified atom stereocenters. The van der Waals surface area contributed by atoms with E-state index in [0.717, 1.165) is 38.2 Å². The zero-order valence-corrected chi connectivity index (χ0v) is 17.4. The molecule has 1 saturated heterocycles. The average molecular weight is 396 g/mol. The van der Waals surface area contributed by atoms with Crippen LogP contribution in [0, 0.1) is 11.3 Å². The van der Waals surface area contributed by atoms with Gasteiger partial charge in [-0.1, -0.05) is 27.2 Å². The van der Waals surface area contributed by atoms with Gasteiger partial charge in [-0.05, 0) is 25.5 Å². The van der Waals surface area contributed by atoms with Crippen molar-refractivity contribution in [3.8, 4) is 6.07 Å². The highest BCUT2D eigenvalue weighted by Crippen LogP contribution is 2.19. The number of nitrogens with zero attached hydrogens (tertiary/aromatic N) is 6. The molecule has 2 aromatic rings. The van der Waals surface area contributed by atoms with Gasteiger partial charge in [-0.2, -0.15) is 10.4 Å². The Bertz CT molecular complexity index is 908. The highest BCUT2D eigenvalue weighted by Gasteiger charge is 2.23. The summed E-state index contributed by atoms with van der Waals surface area (Å²) in [5.41, 5.74) is 1.09. The number of anilines is 1. The van der Waals surface area contributed by atoms with Gasteiger partial charge in [0.15, 0.2) is 5.69 Å². The van der Waals surface area contributed by atoms with Crippen LogP contribution in [0.3, 0.4) is 0 Å². The van der Waals surface area contributed by atoms with Crippen LogP contribution in [0.15, 0.2) is 29.3 Å². The minimum atomic E-state index is -0.0881. The molecule has 0 amide bonds. The molecular formula is C21H29N7O. The Morgan fingerprint density at radius 3 is 2.72 bits per heavy atom. The Hall–Kier alpha value is -2.79. The number of piperidine rings is 1. The summed E-state index contributed by atoms with van der Waals surface area (Å²) in [5, 5.41) is 16.7. The molecule has 154 valence electrons. The van der Waals surface area contributed by atoms with Crippen LogP contribution in [-0.4, -0.2) is 50.3 Å². The molecule has 3 heterocycles. The van der Waals surface area contributed by atoms with Crippen molar-refractivity contribution >= 4 is 5.82 Å². The Morgan fingerprint density at radius 2 is 2.03 bits per heavy atom. The van der Waals surface area contributed by atoms with Gasteiger partial charge in [0.05, 0.1) is 24.6 Å². The first-order chi connectivity index (χ1) is 13.9. The summed E-state index contributed by atoms with van der Waals surface area (Å²) in [6.45, 7) is 9.43. The maximum atomic E-state index is 12.2. The average Bonchev–Trinajstić information content (AvgIpc) is 2.71. The molecule has 0 aromatic carbocycles. The Kier molecular flexibility index (Phi) is 6.60. The van der Waals surface area contributed by atoms with E-state index in [1.165, 1.54) is 12.6 Å². The summed E-state index contributed by atoms with van der Waals surface area (Å²) in [4.78, 5) is 22.9. The van der Waals surface area contributed by atoms with E-state index < -0.39 is 0 Å². The monoisotopic (exact) mass is 395 g/mol. The summed E-state index contributed by atoms with van der Waals surface area (Å²) in [5.74, 6) is 0.672. The molecular weight excluding hydrogens is 366 g/mol. The molecule has 3 rings (SSSR count). The van der Waals surface area contributed by atoms with Gasteiger partial charge in [-0.25, -0.2) is 14.6 Å². The van der Waals surface area contributed by atoms with E-state index in [9.17, 15) is 4.79 Å². The first kappa shape index (κ1) is 20.9. The van der Waals surface area contributed by atoms with Crippen molar-refractivity contribution < 1.29 is 0 Å². The third-order valence-electron chi connectivity index (χ3n) is 5.27. The zero-order chi connectivity index (χ0) is 20.9. The van der Waals surface area contributed by atoms with E-state index in [4.69, 9.17) is 5.26 Å². The third-order valence-corrected chi connectivity index (χ3v) is 5.27. The van der Waals surface area contributed by atoms with Crippen LogP contribution in [0.2, 0.25) is 0 Å². The molecule has 1 atom stereocenters. The maximum Gasteiger partial charge on any atom is 0.266 e. The first-order valence-corrected chi connectivity index (χ1v) is 10.2. The Balaban J connectivity index is 1.61. The highest BCUT2D eigenvalue weighted by molar-refractivity contribution is 5.33. The van der Waals surface area contributed by atoms with Gasteiger partial charge >= 0.3 is 0 Å². The van der Waals surface area contributed by atoms with Gasteiger partial charge in [-0.15, -0.1) is 0 Å². The maximum absolute atomic E-state index is 12.2. The molecule has 1 aliphatic heterocycles. The second kappa shape index (κ2) is 9.14. The zero-order valence-electron chi connectivity index (χ0n) is 17.4. The Morgan fingerprint density at radius 1 is 1.21 bits per heavy atom. The predicted molar refractivity (Wildman–Crippen MR) is 112 cm³/mol. The van der Waals surface area contributed by atoms with E-state index in [0.29, 0.717) is 24.1 Å². The molecule has 2 aromatic heterocycles. The van der Waals surface area contributed by atoms with Gasteiger partial charge in [0.25, 0.3) is 5.56 Å². The fourth-order valence-corrected chi connectivity index (χ4v) is 3.52. The van der Waals surface area contributed by atoms with E-state index in [1.807, 2.05) is 12.1 Å². The summed E-state index contributed by atoms with van der Waals surface area (Å²) < 4.78 is 1.59. The lowest BCUT2D eigenvalue weighted by Gasteiger charge is -2.36. The van der Waals surface area contributed by atoms with Crippen molar-refractivity contribution in [1.29, 1.82) is 5.26 Å². The summed E-state index contributed by atoms with van der Waals surface area (Å²) in [6.07, 6.45) is 6.52. The Labute approximate surface area is 171 Å². The van der Waals surface area contributed by atoms with Crippen molar-refractivity contribution in [2.24, 2.45) is 0 Å². The quantitative estimate of drug-likeness (QED) is 0.800. The van der Waals surface area contributed by atoms with E-state index in [2.05, 4.69) is 46.1 Å². The first-order valence-electron chi connectivity index (χ1n) is 10.2. The minimum Gasteiger partial charge on any atom is -0.367 e. The molecule has 1 fully saturated rings. The molecule has 8 heteroatoms. The summed E-state index contributed by atoms with van der Waals surface area (Å²) >= 11 is 0. The fraction of sp³-hybridized carbons (Fsp3) is 0.571. The van der Waals surface area contributed by atoms with Crippen molar-refractivity contribution in [1.82, 2.24) is 24.6 Å². The fourth-order valence-electron chi connectivity index (χ4n) is 3.52. The second-order valence-electron chi connectivity index (χ2n) is 8.50. The largest absolute Gasteiger partial charge is 0.367 e. The number of nitrogens with one attached hydrogen (secondary N) is 1. The van der Waals surface area contributed by atoms with Crippen LogP contribution in [0.1, 0.15) is 51.4 Å². The van der Waals surface area contributed by atoms with E-state index >= 15 is 0 Å². The normalized spacial score (nSPS) is 17.7. The smallest absolute Gasteiger partial charge is 0.266 e. The van der Waals surface area contributed by atoms with Crippen molar-refractivity contribution in [2.75, 3.05) is 25.0 Å². The van der Waals surface area contributed by atoms with Gasteiger partial charge in [-0.3, -0.25) is 9.69 Å². The predicted octanol–water partition coefficient (Wildman–Crippen LogP) is 2.17. The van der Waals surface area contributed by atoms with Crippen LogP contribution in [0.5, 0.6) is 0 Å². The van der Waals surface area contributed by atoms with Crippen LogP contribution in [0.4, 0.5) is 5.82 Å². The summed E-state index contributed by atoms with van der Waals surface area (Å²) in [7, 11) is 0. The SMILES string of the molecule is CC(C)(C)c1ccc(=O)n(CCN2CCCCC2CNc2cnc(C#N)cn2)n1. The molecule has 8 nitrogen and oxygen atoms in total. The lowest BCUT2D eigenvalue weighted by molar-refractivity contribution is 0.147. The molecule has 0 spiro atoms. The van der Waals surface area contributed by atoms with Crippen molar-refractivity contribution in [3.05, 3.63) is 46.3 Å². The van der Waals surface area contributed by atoms with Crippen molar-refractivity contribution in [3.63, 3.8) is 0 Å². The molecule has 1 aliphatic rings. The van der Waals surface area contributed by atoms with Crippen LogP contribution in [-0.2, 0) is 12.0 Å². The van der Waals surface area contributed by atoms with Crippen LogP contribution >= 0.6 is 0 Å². The highest BCUT2D eigenvalue weighted by atomic mass is 16.1. The summed E-state index contributed by atoms with van der Waals surface area (Å²) in [6, 6.07) is 5.78. The third kappa shape index (κ3) is 5.61. The minimum absolute atomic E-state index is 0.0578. The number of aromatic nitrogens is 4. The molecule has 29 heavy (non-hydrogen) atoms. The topological polar surface area (TPSA) is 99.7 Å². The number of hydrogen-bond donors (Lipinski definition) is 1. The van der Waals surface area contributed by atoms with Gasteiger partial charge in [0.1, 0.15) is 11.9 Å². The molecule has 1 N–H and O–H groups in total. The van der Waals surface area contributed by atoms with Gasteiger partial charge in [0.2, 0.25) is 0 Å². The second-order valence-corrected chi connectivity index (χ2v) is 8.50. The molecule has 0 aliphatic carbocycles. The van der Waals surface area contributed by atoms with Crippen LogP contribution in [0.25, 0.3) is 0 Å². The van der Waals surface area contributed by atoms with Crippen LogP contribution < -0.4 is 10.9 Å². The van der Waals surface area contributed by atoms with Crippen molar-refractivity contribution in [2.45, 2.75) is 58.0 Å². The molecule has 0 saturated carbocycles. The van der Waals surface area contributed by atoms with E-state index in [-0.39, 0.29) is 11.0 Å². The number of rotatable bonds is 6. The van der Waals surface area contributed by atoms with Gasteiger partial charge in [0, 0.05) is 30.6 Å². The van der Waals surface area contributed by atoms with Gasteiger partial charge < -0.3 is 5.32 Å². The number of likely N-dealkylation sites (tertiary alicyclic amines) is 1. The number of hydrogen-bond acceptors (Lipinski definition) is 7. The molecule has 0 bridgehead atoms. The standard InChI is InChI=1S/C21H29N7O/c1-21(2,3)18-7-8-20(29)28(26-18)11-10-27-9-5-4-6-17(27)14-25-19-15-23-16(12-22)13-24-19/h7-8,13,15,17H,4-6,9-11,14H2,1-3H3,(H,24,25). The lowest BCUT2D eigenvalue weighted by atomic mass is 9.92. The number of nitriles is 1. The lowest BCUT2D eigenvalue weighted by Crippen LogP contribution is -2.45. The molecule has 0 radical (unpaired) electrons.